The summed E-state index contributed by atoms with van der Waals surface area (Å²) < 4.78 is 1.77. The van der Waals surface area contributed by atoms with E-state index in [0.29, 0.717) is 48.9 Å². The van der Waals surface area contributed by atoms with Crippen molar-refractivity contribution in [2.75, 3.05) is 32.7 Å². The zero-order valence-corrected chi connectivity index (χ0v) is 20.3. The number of aromatic nitrogens is 2. The molecule has 1 atom stereocenters. The number of carbonyl (C=O) groups excluding carboxylic acids is 3. The molecule has 2 fully saturated rings. The molecule has 2 aromatic rings. The van der Waals surface area contributed by atoms with Crippen LogP contribution in [0.15, 0.2) is 24.3 Å². The number of halogens is 1. The Morgan fingerprint density at radius 2 is 1.62 bits per heavy atom. The number of likely N-dealkylation sites (tertiary alicyclic amines) is 2. The Kier molecular flexibility index (Phi) is 6.34. The number of nitrogens with zero attached hydrogens (tertiary/aromatic N) is 5. The number of rotatable bonds is 3. The van der Waals surface area contributed by atoms with E-state index in [9.17, 15) is 14.4 Å². The molecular formula is C25H30ClN5O3. The number of piperidine rings is 1. The highest BCUT2D eigenvalue weighted by Gasteiger charge is 2.36. The van der Waals surface area contributed by atoms with Crippen molar-refractivity contribution in [1.82, 2.24) is 24.5 Å². The summed E-state index contributed by atoms with van der Waals surface area (Å²) in [5, 5.41) is 5.15. The minimum absolute atomic E-state index is 0.0844. The fourth-order valence-corrected chi connectivity index (χ4v) is 5.55. The Balaban J connectivity index is 1.33. The highest BCUT2D eigenvalue weighted by molar-refractivity contribution is 6.30. The number of hydrogen-bond donors (Lipinski definition) is 0. The first-order valence-electron chi connectivity index (χ1n) is 12.1. The van der Waals surface area contributed by atoms with Gasteiger partial charge in [-0.05, 0) is 49.9 Å². The van der Waals surface area contributed by atoms with Crippen molar-refractivity contribution in [2.24, 2.45) is 13.0 Å². The van der Waals surface area contributed by atoms with E-state index in [2.05, 4.69) is 5.10 Å². The summed E-state index contributed by atoms with van der Waals surface area (Å²) >= 11 is 5.97. The first-order chi connectivity index (χ1) is 16.4. The summed E-state index contributed by atoms with van der Waals surface area (Å²) in [5.41, 5.74) is 2.78. The Morgan fingerprint density at radius 3 is 2.35 bits per heavy atom. The second-order valence-electron chi connectivity index (χ2n) is 9.50. The van der Waals surface area contributed by atoms with Gasteiger partial charge in [0, 0.05) is 68.0 Å². The van der Waals surface area contributed by atoms with E-state index in [1.165, 1.54) is 0 Å². The average Bonchev–Trinajstić information content (AvgIpc) is 3.51. The third-order valence-corrected chi connectivity index (χ3v) is 7.55. The zero-order chi connectivity index (χ0) is 23.8. The summed E-state index contributed by atoms with van der Waals surface area (Å²) in [6.07, 6.45) is 4.40. The lowest BCUT2D eigenvalue weighted by molar-refractivity contribution is -0.135. The van der Waals surface area contributed by atoms with Gasteiger partial charge in [0.25, 0.3) is 11.8 Å². The molecule has 1 aromatic carbocycles. The number of hydrogen-bond acceptors (Lipinski definition) is 4. The quantitative estimate of drug-likeness (QED) is 0.672. The van der Waals surface area contributed by atoms with E-state index in [0.717, 1.165) is 50.0 Å². The van der Waals surface area contributed by atoms with Crippen molar-refractivity contribution >= 4 is 29.3 Å². The van der Waals surface area contributed by atoms with Gasteiger partial charge in [-0.15, -0.1) is 0 Å². The second kappa shape index (κ2) is 9.41. The van der Waals surface area contributed by atoms with E-state index >= 15 is 0 Å². The largest absolute Gasteiger partial charge is 0.342 e. The standard InChI is InChI=1S/C25H30ClN5O3/c1-28-21-10-14-31(23(32)17-6-8-19(26)9-7-17)16-20(21)22(27-28)25(34)30-13-4-5-18(15-30)24(33)29-11-2-3-12-29/h6-9,18H,2-5,10-16H2,1H3/t18-/m1/s1. The maximum absolute atomic E-state index is 13.6. The fraction of sp³-hybridized carbons (Fsp3) is 0.520. The van der Waals surface area contributed by atoms with Crippen LogP contribution in [0.2, 0.25) is 5.02 Å². The van der Waals surface area contributed by atoms with Crippen molar-refractivity contribution in [3.8, 4) is 0 Å². The second-order valence-corrected chi connectivity index (χ2v) is 9.94. The average molecular weight is 484 g/mol. The molecule has 180 valence electrons. The number of amides is 3. The minimum Gasteiger partial charge on any atom is -0.342 e. The van der Waals surface area contributed by atoms with Gasteiger partial charge in [0.1, 0.15) is 0 Å². The van der Waals surface area contributed by atoms with Crippen molar-refractivity contribution in [1.29, 1.82) is 0 Å². The van der Waals surface area contributed by atoms with Gasteiger partial charge in [0.05, 0.1) is 12.5 Å². The molecule has 5 rings (SSSR count). The van der Waals surface area contributed by atoms with Crippen molar-refractivity contribution < 1.29 is 14.4 Å². The maximum atomic E-state index is 13.6. The molecule has 0 bridgehead atoms. The molecular weight excluding hydrogens is 454 g/mol. The van der Waals surface area contributed by atoms with E-state index in [4.69, 9.17) is 11.6 Å². The van der Waals surface area contributed by atoms with Crippen molar-refractivity contribution in [3.63, 3.8) is 0 Å². The molecule has 2 saturated heterocycles. The van der Waals surface area contributed by atoms with E-state index in [1.807, 2.05) is 11.9 Å². The molecule has 34 heavy (non-hydrogen) atoms. The third kappa shape index (κ3) is 4.31. The normalized spacial score (nSPS) is 20.4. The lowest BCUT2D eigenvalue weighted by Crippen LogP contribution is -2.46. The first-order valence-corrected chi connectivity index (χ1v) is 12.5. The van der Waals surface area contributed by atoms with E-state index < -0.39 is 0 Å². The van der Waals surface area contributed by atoms with Gasteiger partial charge in [-0.1, -0.05) is 11.6 Å². The highest BCUT2D eigenvalue weighted by atomic mass is 35.5. The minimum atomic E-state index is -0.142. The predicted molar refractivity (Wildman–Crippen MR) is 128 cm³/mol. The molecule has 0 radical (unpaired) electrons. The number of carbonyl (C=O) groups is 3. The fourth-order valence-electron chi connectivity index (χ4n) is 5.42. The molecule has 0 N–H and O–H groups in total. The maximum Gasteiger partial charge on any atom is 0.274 e. The van der Waals surface area contributed by atoms with Gasteiger partial charge in [-0.25, -0.2) is 0 Å². The van der Waals surface area contributed by atoms with Crippen LogP contribution in [-0.4, -0.2) is 74.9 Å². The van der Waals surface area contributed by atoms with Crippen LogP contribution < -0.4 is 0 Å². The molecule has 8 nitrogen and oxygen atoms in total. The van der Waals surface area contributed by atoms with Crippen LogP contribution in [0.25, 0.3) is 0 Å². The van der Waals surface area contributed by atoms with Crippen molar-refractivity contribution in [2.45, 2.75) is 38.6 Å². The monoisotopic (exact) mass is 483 g/mol. The highest BCUT2D eigenvalue weighted by Crippen LogP contribution is 2.27. The number of aryl methyl sites for hydroxylation is 1. The van der Waals surface area contributed by atoms with Crippen molar-refractivity contribution in [3.05, 3.63) is 51.8 Å². The molecule has 9 heteroatoms. The molecule has 3 aliphatic rings. The van der Waals surface area contributed by atoms with Gasteiger partial charge in [-0.2, -0.15) is 5.10 Å². The van der Waals surface area contributed by atoms with Gasteiger partial charge in [0.15, 0.2) is 5.69 Å². The Labute approximate surface area is 204 Å². The predicted octanol–water partition coefficient (Wildman–Crippen LogP) is 2.75. The van der Waals surface area contributed by atoms with E-state index in [1.54, 1.807) is 38.7 Å². The number of fused-ring (bicyclic) bond motifs is 1. The zero-order valence-electron chi connectivity index (χ0n) is 19.5. The Bertz CT molecular complexity index is 1110. The summed E-state index contributed by atoms with van der Waals surface area (Å²) in [5.74, 6) is -0.188. The van der Waals surface area contributed by atoms with E-state index in [-0.39, 0.29) is 23.6 Å². The molecule has 3 amide bonds. The van der Waals surface area contributed by atoms with Gasteiger partial charge in [0.2, 0.25) is 5.91 Å². The SMILES string of the molecule is Cn1nc(C(=O)N2CCC[C@@H](C(=O)N3CCCC3)C2)c2c1CCN(C(=O)c1ccc(Cl)cc1)C2. The topological polar surface area (TPSA) is 78.8 Å². The molecule has 3 aliphatic heterocycles. The lowest BCUT2D eigenvalue weighted by Gasteiger charge is -2.34. The summed E-state index contributed by atoms with van der Waals surface area (Å²) in [4.78, 5) is 45.1. The Hall–Kier alpha value is -2.87. The molecule has 1 aromatic heterocycles. The molecule has 0 aliphatic carbocycles. The molecule has 0 spiro atoms. The van der Waals surface area contributed by atoms with Gasteiger partial charge >= 0.3 is 0 Å². The smallest absolute Gasteiger partial charge is 0.274 e. The van der Waals surface area contributed by atoms with Gasteiger partial charge < -0.3 is 14.7 Å². The van der Waals surface area contributed by atoms with Gasteiger partial charge in [-0.3, -0.25) is 19.1 Å². The van der Waals surface area contributed by atoms with Crippen LogP contribution in [0.4, 0.5) is 0 Å². The third-order valence-electron chi connectivity index (χ3n) is 7.30. The summed E-state index contributed by atoms with van der Waals surface area (Å²) in [6, 6.07) is 6.86. The van der Waals surface area contributed by atoms with Crippen LogP contribution in [0.1, 0.15) is 57.8 Å². The van der Waals surface area contributed by atoms with Crippen LogP contribution in [0.3, 0.4) is 0 Å². The summed E-state index contributed by atoms with van der Waals surface area (Å²) in [7, 11) is 1.85. The lowest BCUT2D eigenvalue weighted by atomic mass is 9.95. The first kappa shape index (κ1) is 22.9. The molecule has 4 heterocycles. The Morgan fingerprint density at radius 1 is 0.912 bits per heavy atom. The molecule has 0 saturated carbocycles. The molecule has 0 unspecified atom stereocenters. The van der Waals surface area contributed by atoms with Crippen LogP contribution >= 0.6 is 11.6 Å². The van der Waals surface area contributed by atoms with Crippen LogP contribution in [-0.2, 0) is 24.8 Å². The number of benzene rings is 1. The summed E-state index contributed by atoms with van der Waals surface area (Å²) in [6.45, 7) is 3.63. The van der Waals surface area contributed by atoms with Crippen LogP contribution in [0, 0.1) is 5.92 Å². The van der Waals surface area contributed by atoms with Crippen LogP contribution in [0.5, 0.6) is 0 Å².